The van der Waals surface area contributed by atoms with E-state index < -0.39 is 111 Å². The predicted molar refractivity (Wildman–Crippen MR) is 167 cm³/mol. The molecular weight excluding hydrogens is 598 g/mol. The van der Waals surface area contributed by atoms with E-state index in [0.29, 0.717) is 0 Å². The van der Waals surface area contributed by atoms with E-state index in [1.54, 1.807) is 19.9 Å². The Labute approximate surface area is 267 Å². The number of nitrogens with one attached hydrogen (secondary N) is 1. The molecule has 12 heteroatoms. The lowest BCUT2D eigenvalue weighted by Crippen LogP contribution is -2.46. The molecule has 12 nitrogen and oxygen atoms in total. The average Bonchev–Trinajstić information content (AvgIpc) is 3.02. The highest BCUT2D eigenvalue weighted by Gasteiger charge is 2.39. The van der Waals surface area contributed by atoms with Crippen molar-refractivity contribution < 1.29 is 54.9 Å². The molecule has 0 saturated heterocycles. The van der Waals surface area contributed by atoms with Crippen molar-refractivity contribution in [3.05, 3.63) is 69.5 Å². The summed E-state index contributed by atoms with van der Waals surface area (Å²) >= 11 is 0. The molecule has 0 radical (unpaired) electrons. The molecule has 1 amide bonds. The third-order valence-electron chi connectivity index (χ3n) is 9.17. The number of Topliss-reactive ketones (excluding diaryl/α,β-unsaturated/α-hetero) is 2. The number of carbonyl (C=O) groups excluding carboxylic acids is 4. The van der Waals surface area contributed by atoms with Gasteiger partial charge in [0.15, 0.2) is 11.6 Å². The van der Waals surface area contributed by atoms with Gasteiger partial charge in [-0.2, -0.15) is 0 Å². The lowest BCUT2D eigenvalue weighted by Gasteiger charge is -2.36. The van der Waals surface area contributed by atoms with Crippen molar-refractivity contribution in [2.45, 2.75) is 79.0 Å². The van der Waals surface area contributed by atoms with Crippen molar-refractivity contribution in [1.82, 2.24) is 5.32 Å². The molecule has 1 aromatic carbocycles. The second-order valence-electron chi connectivity index (χ2n) is 12.5. The highest BCUT2D eigenvalue weighted by molar-refractivity contribution is 6.31. The molecule has 0 fully saturated rings. The fraction of sp³-hybridized carbons (Fsp3) is 0.471. The fourth-order valence-corrected chi connectivity index (χ4v) is 5.80. The third-order valence-corrected chi connectivity index (χ3v) is 9.17. The summed E-state index contributed by atoms with van der Waals surface area (Å²) in [6, 6.07) is 0. The number of phenolic OH excluding ortho intramolecular Hbond substituents is 2. The number of benzene rings is 1. The minimum Gasteiger partial charge on any atom is -0.507 e. The normalized spacial score (nSPS) is 32.1. The molecule has 46 heavy (non-hydrogen) atoms. The van der Waals surface area contributed by atoms with Crippen LogP contribution in [0.25, 0.3) is 0 Å². The van der Waals surface area contributed by atoms with E-state index in [4.69, 9.17) is 0 Å². The van der Waals surface area contributed by atoms with Gasteiger partial charge in [-0.25, -0.2) is 0 Å². The van der Waals surface area contributed by atoms with Crippen LogP contribution in [0.4, 0.5) is 0 Å². The number of amides is 1. The number of aliphatic hydroxyl groups is 5. The van der Waals surface area contributed by atoms with Gasteiger partial charge in [0.05, 0.1) is 52.9 Å². The zero-order valence-corrected chi connectivity index (χ0v) is 26.8. The van der Waals surface area contributed by atoms with E-state index >= 15 is 0 Å². The number of hydrogen-bond donors (Lipinski definition) is 8. The number of rotatable bonds is 0. The van der Waals surface area contributed by atoms with Crippen LogP contribution in [0.5, 0.6) is 11.5 Å². The number of aromatic hydroxyl groups is 2. The van der Waals surface area contributed by atoms with E-state index in [1.807, 2.05) is 0 Å². The van der Waals surface area contributed by atoms with Crippen molar-refractivity contribution >= 4 is 23.3 Å². The Balaban J connectivity index is 2.20. The first-order valence-corrected chi connectivity index (χ1v) is 15.0. The van der Waals surface area contributed by atoms with E-state index in [9.17, 15) is 54.9 Å². The Morgan fingerprint density at radius 1 is 0.652 bits per heavy atom. The summed E-state index contributed by atoms with van der Waals surface area (Å²) in [4.78, 5) is 53.3. The molecule has 1 aromatic rings. The molecule has 2 aliphatic heterocycles. The van der Waals surface area contributed by atoms with Crippen LogP contribution in [0.1, 0.15) is 78.2 Å². The maximum absolute atomic E-state index is 13.6. The van der Waals surface area contributed by atoms with Gasteiger partial charge in [-0.15, -0.1) is 0 Å². The van der Waals surface area contributed by atoms with Crippen molar-refractivity contribution in [3.63, 3.8) is 0 Å². The first-order chi connectivity index (χ1) is 21.3. The maximum atomic E-state index is 13.6. The van der Waals surface area contributed by atoms with Crippen LogP contribution < -0.4 is 5.32 Å². The van der Waals surface area contributed by atoms with Gasteiger partial charge < -0.3 is 41.1 Å². The Morgan fingerprint density at radius 2 is 1.15 bits per heavy atom. The van der Waals surface area contributed by atoms with E-state index in [1.165, 1.54) is 46.8 Å². The Hall–Kier alpha value is -3.94. The number of carbonyl (C=O) groups is 4. The molecule has 0 saturated carbocycles. The molecule has 8 N–H and O–H groups in total. The van der Waals surface area contributed by atoms with Gasteiger partial charge in [0, 0.05) is 40.9 Å². The van der Waals surface area contributed by atoms with Gasteiger partial charge in [0.25, 0.3) is 5.91 Å². The molecule has 9 unspecified atom stereocenters. The summed E-state index contributed by atoms with van der Waals surface area (Å²) < 4.78 is 0. The molecule has 3 aliphatic rings. The summed E-state index contributed by atoms with van der Waals surface area (Å²) in [5, 5.41) is 78.6. The van der Waals surface area contributed by atoms with Crippen LogP contribution in [0.15, 0.2) is 47.2 Å². The van der Waals surface area contributed by atoms with Crippen LogP contribution in [0.3, 0.4) is 0 Å². The minimum atomic E-state index is -1.74. The molecule has 4 rings (SSSR count). The summed E-state index contributed by atoms with van der Waals surface area (Å²) in [5.74, 6) is -8.43. The highest BCUT2D eigenvalue weighted by Crippen LogP contribution is 2.41. The van der Waals surface area contributed by atoms with Crippen LogP contribution in [0, 0.1) is 30.6 Å². The van der Waals surface area contributed by atoms with Crippen molar-refractivity contribution in [2.75, 3.05) is 0 Å². The molecule has 0 aromatic heterocycles. The van der Waals surface area contributed by atoms with Crippen LogP contribution in [0.2, 0.25) is 0 Å². The van der Waals surface area contributed by atoms with Gasteiger partial charge >= 0.3 is 0 Å². The number of ketones is 3. The molecule has 4 bridgehead atoms. The average molecular weight is 642 g/mol. The van der Waals surface area contributed by atoms with E-state index in [2.05, 4.69) is 5.32 Å². The third kappa shape index (κ3) is 6.91. The van der Waals surface area contributed by atoms with E-state index in [0.717, 1.165) is 12.2 Å². The van der Waals surface area contributed by atoms with Gasteiger partial charge in [-0.3, -0.25) is 19.2 Å². The first kappa shape index (κ1) is 36.5. The topological polar surface area (TPSA) is 222 Å². The Morgan fingerprint density at radius 3 is 1.72 bits per heavy atom. The lowest BCUT2D eigenvalue weighted by atomic mass is 9.78. The van der Waals surface area contributed by atoms with Gasteiger partial charge in [0.1, 0.15) is 11.5 Å². The molecule has 9 atom stereocenters. The highest BCUT2D eigenvalue weighted by atomic mass is 16.3. The maximum Gasteiger partial charge on any atom is 0.251 e. The summed E-state index contributed by atoms with van der Waals surface area (Å²) in [6.07, 6.45) is -0.821. The van der Waals surface area contributed by atoms with Crippen molar-refractivity contribution in [1.29, 1.82) is 0 Å². The molecule has 2 heterocycles. The fourth-order valence-electron chi connectivity index (χ4n) is 5.80. The first-order valence-electron chi connectivity index (χ1n) is 15.0. The zero-order chi connectivity index (χ0) is 34.9. The zero-order valence-electron chi connectivity index (χ0n) is 26.8. The number of aliphatic hydroxyl groups excluding tert-OH is 5. The standard InChI is InChI=1S/C34H43NO11/c1-13-9-8-10-14(2)34(46)35-20-12-21(36)23-24(31(43)19(7)32(44)25(23)33(20)45)27(39)15(3)11-22(37)30(42)18(6)29(41)17(5)28(40)16(4)26(13)38/h8-13,16-18,22,26,28-30,37-38,40-44H,1-7H3,(H,35,46). The summed E-state index contributed by atoms with van der Waals surface area (Å²) in [6.45, 7) is 10.1. The summed E-state index contributed by atoms with van der Waals surface area (Å²) in [5.41, 5.74) is -2.71. The van der Waals surface area contributed by atoms with Gasteiger partial charge in [-0.1, -0.05) is 45.9 Å². The Kier molecular flexibility index (Phi) is 11.3. The second kappa shape index (κ2) is 14.2. The number of allylic oxidation sites excluding steroid dienone is 5. The molecular formula is C34H43NO11. The van der Waals surface area contributed by atoms with Gasteiger partial charge in [0.2, 0.25) is 5.78 Å². The molecule has 0 spiro atoms. The summed E-state index contributed by atoms with van der Waals surface area (Å²) in [7, 11) is 0. The van der Waals surface area contributed by atoms with Crippen molar-refractivity contribution in [3.8, 4) is 11.5 Å². The van der Waals surface area contributed by atoms with E-state index in [-0.39, 0.29) is 16.7 Å². The van der Waals surface area contributed by atoms with Gasteiger partial charge in [-0.05, 0) is 32.4 Å². The Bertz CT molecular complexity index is 1550. The lowest BCUT2D eigenvalue weighted by molar-refractivity contribution is -0.116. The largest absolute Gasteiger partial charge is 0.507 e. The SMILES string of the molecule is CC1=CC=CC(C)C(O)C(C)C(O)C(C)C(O)C(C)C(O)C(O)C=C(C)C(=O)c2c(O)c(C)c(O)c3c2C(=O)C=C(NC1=O)C3=O. The molecule has 1 aliphatic carbocycles. The quantitative estimate of drug-likeness (QED) is 0.204. The number of hydrogen-bond acceptors (Lipinski definition) is 11. The second-order valence-corrected chi connectivity index (χ2v) is 12.5. The van der Waals surface area contributed by atoms with Crippen molar-refractivity contribution in [2.24, 2.45) is 23.7 Å². The minimum absolute atomic E-state index is 0.113. The van der Waals surface area contributed by atoms with Crippen LogP contribution in [-0.2, 0) is 4.79 Å². The monoisotopic (exact) mass is 641 g/mol. The number of fused-ring (bicyclic) bond motifs is 15. The molecule has 250 valence electrons. The predicted octanol–water partition coefficient (Wildman–Crippen LogP) is 1.78. The van der Waals surface area contributed by atoms with Crippen LogP contribution in [-0.4, -0.2) is 89.5 Å². The van der Waals surface area contributed by atoms with Crippen LogP contribution >= 0.6 is 0 Å². The smallest absolute Gasteiger partial charge is 0.251 e. The number of phenols is 2.